The fourth-order valence-corrected chi connectivity index (χ4v) is 1.83. The van der Waals surface area contributed by atoms with Crippen LogP contribution in [0.2, 0.25) is 0 Å². The summed E-state index contributed by atoms with van der Waals surface area (Å²) in [4.78, 5) is 11.0. The van der Waals surface area contributed by atoms with Gasteiger partial charge in [0.1, 0.15) is 0 Å². The minimum absolute atomic E-state index is 0.115. The molecule has 0 aliphatic carbocycles. The highest BCUT2D eigenvalue weighted by Crippen LogP contribution is 2.29. The molecule has 0 bridgehead atoms. The Hall–Kier alpha value is -2.50. The molecular weight excluding hydrogens is 283 g/mol. The first-order valence-electron chi connectivity index (χ1n) is 6.10. The molecule has 0 saturated heterocycles. The molecule has 6 heteroatoms. The van der Waals surface area contributed by atoms with Gasteiger partial charge in [0, 0.05) is 12.2 Å². The second kappa shape index (κ2) is 5.87. The van der Waals surface area contributed by atoms with Gasteiger partial charge in [-0.2, -0.15) is 13.2 Å². The van der Waals surface area contributed by atoms with Gasteiger partial charge in [-0.25, -0.2) is 4.79 Å². The normalized spacial score (nSPS) is 11.2. The Morgan fingerprint density at radius 1 is 1.05 bits per heavy atom. The molecule has 0 aliphatic rings. The number of para-hydroxylation sites is 1. The zero-order valence-corrected chi connectivity index (χ0v) is 10.8. The molecule has 21 heavy (non-hydrogen) atoms. The van der Waals surface area contributed by atoms with E-state index in [0.29, 0.717) is 11.3 Å². The molecule has 0 unspecified atom stereocenters. The first-order valence-corrected chi connectivity index (χ1v) is 6.10. The number of hydrogen-bond acceptors (Lipinski definition) is 2. The van der Waals surface area contributed by atoms with Crippen molar-refractivity contribution >= 4 is 11.7 Å². The van der Waals surface area contributed by atoms with Crippen LogP contribution < -0.4 is 5.32 Å². The van der Waals surface area contributed by atoms with Crippen molar-refractivity contribution in [3.63, 3.8) is 0 Å². The van der Waals surface area contributed by atoms with Crippen molar-refractivity contribution in [2.24, 2.45) is 0 Å². The van der Waals surface area contributed by atoms with Crippen LogP contribution in [0.3, 0.4) is 0 Å². The van der Waals surface area contributed by atoms with E-state index >= 15 is 0 Å². The first-order chi connectivity index (χ1) is 9.88. The summed E-state index contributed by atoms with van der Waals surface area (Å²) in [5.41, 5.74) is 0.453. The lowest BCUT2D eigenvalue weighted by Gasteiger charge is -2.11. The number of carboxylic acids is 1. The Labute approximate surface area is 119 Å². The van der Waals surface area contributed by atoms with Crippen molar-refractivity contribution in [1.82, 2.24) is 0 Å². The lowest BCUT2D eigenvalue weighted by molar-refractivity contribution is -0.137. The second-order valence-electron chi connectivity index (χ2n) is 4.40. The highest BCUT2D eigenvalue weighted by atomic mass is 19.4. The number of halogens is 3. The maximum atomic E-state index is 12.4. The van der Waals surface area contributed by atoms with E-state index in [-0.39, 0.29) is 12.1 Å². The molecule has 110 valence electrons. The third kappa shape index (κ3) is 3.75. The number of carbonyl (C=O) groups is 1. The molecule has 3 nitrogen and oxygen atoms in total. The fraction of sp³-hybridized carbons (Fsp3) is 0.133. The topological polar surface area (TPSA) is 49.3 Å². The number of benzene rings is 2. The van der Waals surface area contributed by atoms with Crippen molar-refractivity contribution in [2.75, 3.05) is 5.32 Å². The zero-order chi connectivity index (χ0) is 15.5. The summed E-state index contributed by atoms with van der Waals surface area (Å²) < 4.78 is 37.3. The molecule has 0 heterocycles. The third-order valence-electron chi connectivity index (χ3n) is 2.92. The number of alkyl halides is 3. The van der Waals surface area contributed by atoms with Crippen LogP contribution in [-0.2, 0) is 12.7 Å². The number of rotatable bonds is 4. The summed E-state index contributed by atoms with van der Waals surface area (Å²) in [6, 6.07) is 11.1. The summed E-state index contributed by atoms with van der Waals surface area (Å²) in [6.07, 6.45) is -4.36. The van der Waals surface area contributed by atoms with Crippen LogP contribution in [0.1, 0.15) is 21.5 Å². The van der Waals surface area contributed by atoms with E-state index in [1.807, 2.05) is 0 Å². The molecule has 0 aliphatic heterocycles. The molecule has 0 atom stereocenters. The van der Waals surface area contributed by atoms with Crippen LogP contribution in [-0.4, -0.2) is 11.1 Å². The minimum atomic E-state index is -4.36. The molecule has 0 fully saturated rings. The Morgan fingerprint density at radius 2 is 1.67 bits per heavy atom. The predicted octanol–water partition coefficient (Wildman–Crippen LogP) is 4.02. The van der Waals surface area contributed by atoms with Gasteiger partial charge in [0.25, 0.3) is 0 Å². The summed E-state index contributed by atoms with van der Waals surface area (Å²) in [7, 11) is 0. The second-order valence-corrected chi connectivity index (χ2v) is 4.40. The fourth-order valence-electron chi connectivity index (χ4n) is 1.83. The SMILES string of the molecule is O=C(O)c1ccccc1NCc1ccc(C(F)(F)F)cc1. The molecule has 0 saturated carbocycles. The van der Waals surface area contributed by atoms with Crippen molar-refractivity contribution < 1.29 is 23.1 Å². The van der Waals surface area contributed by atoms with E-state index in [1.54, 1.807) is 18.2 Å². The molecule has 0 radical (unpaired) electrons. The van der Waals surface area contributed by atoms with Crippen LogP contribution in [0.15, 0.2) is 48.5 Å². The lowest BCUT2D eigenvalue weighted by Crippen LogP contribution is -2.07. The van der Waals surface area contributed by atoms with Crippen LogP contribution in [0.4, 0.5) is 18.9 Å². The van der Waals surface area contributed by atoms with Gasteiger partial charge >= 0.3 is 12.1 Å². The molecule has 2 aromatic rings. The summed E-state index contributed by atoms with van der Waals surface area (Å²) in [5.74, 6) is -1.06. The summed E-state index contributed by atoms with van der Waals surface area (Å²) in [5, 5.41) is 11.9. The van der Waals surface area contributed by atoms with Gasteiger partial charge in [0.2, 0.25) is 0 Å². The average molecular weight is 295 g/mol. The highest BCUT2D eigenvalue weighted by molar-refractivity contribution is 5.94. The lowest BCUT2D eigenvalue weighted by atomic mass is 10.1. The average Bonchev–Trinajstić information content (AvgIpc) is 2.45. The van der Waals surface area contributed by atoms with Crippen molar-refractivity contribution in [3.05, 3.63) is 65.2 Å². The quantitative estimate of drug-likeness (QED) is 0.895. The molecule has 0 spiro atoms. The Bertz CT molecular complexity index is 636. The first kappa shape index (κ1) is 14.9. The van der Waals surface area contributed by atoms with Crippen LogP contribution >= 0.6 is 0 Å². The number of anilines is 1. The third-order valence-corrected chi connectivity index (χ3v) is 2.92. The van der Waals surface area contributed by atoms with Gasteiger partial charge in [-0.3, -0.25) is 0 Å². The van der Waals surface area contributed by atoms with E-state index in [1.165, 1.54) is 18.2 Å². The van der Waals surface area contributed by atoms with E-state index in [0.717, 1.165) is 12.1 Å². The molecular formula is C15H12F3NO2. The van der Waals surface area contributed by atoms with Gasteiger partial charge < -0.3 is 10.4 Å². The van der Waals surface area contributed by atoms with Crippen molar-refractivity contribution in [3.8, 4) is 0 Å². The van der Waals surface area contributed by atoms with E-state index in [2.05, 4.69) is 5.32 Å². The Balaban J connectivity index is 2.09. The Morgan fingerprint density at radius 3 is 2.24 bits per heavy atom. The predicted molar refractivity (Wildman–Crippen MR) is 72.2 cm³/mol. The number of carboxylic acid groups (broad SMARTS) is 1. The molecule has 0 aromatic heterocycles. The molecule has 2 aromatic carbocycles. The van der Waals surface area contributed by atoms with Gasteiger partial charge in [-0.1, -0.05) is 24.3 Å². The number of nitrogens with one attached hydrogen (secondary N) is 1. The van der Waals surface area contributed by atoms with Crippen molar-refractivity contribution in [1.29, 1.82) is 0 Å². The smallest absolute Gasteiger partial charge is 0.416 e. The van der Waals surface area contributed by atoms with Gasteiger partial charge in [0.15, 0.2) is 0 Å². The minimum Gasteiger partial charge on any atom is -0.478 e. The van der Waals surface area contributed by atoms with Crippen LogP contribution in [0.25, 0.3) is 0 Å². The van der Waals surface area contributed by atoms with Crippen LogP contribution in [0.5, 0.6) is 0 Å². The van der Waals surface area contributed by atoms with Gasteiger partial charge in [-0.05, 0) is 29.8 Å². The molecule has 0 amide bonds. The van der Waals surface area contributed by atoms with Crippen molar-refractivity contribution in [2.45, 2.75) is 12.7 Å². The highest BCUT2D eigenvalue weighted by Gasteiger charge is 2.29. The van der Waals surface area contributed by atoms with Gasteiger partial charge in [-0.15, -0.1) is 0 Å². The summed E-state index contributed by atoms with van der Waals surface area (Å²) >= 11 is 0. The zero-order valence-electron chi connectivity index (χ0n) is 10.8. The molecule has 2 rings (SSSR count). The standard InChI is InChI=1S/C15H12F3NO2/c16-15(17,18)11-7-5-10(6-8-11)9-19-13-4-2-1-3-12(13)14(20)21/h1-8,19H,9H2,(H,20,21). The van der Waals surface area contributed by atoms with E-state index in [4.69, 9.17) is 5.11 Å². The monoisotopic (exact) mass is 295 g/mol. The largest absolute Gasteiger partial charge is 0.478 e. The maximum absolute atomic E-state index is 12.4. The maximum Gasteiger partial charge on any atom is 0.416 e. The molecule has 2 N–H and O–H groups in total. The van der Waals surface area contributed by atoms with E-state index in [9.17, 15) is 18.0 Å². The van der Waals surface area contributed by atoms with Gasteiger partial charge in [0.05, 0.1) is 11.1 Å². The summed E-state index contributed by atoms with van der Waals surface area (Å²) in [6.45, 7) is 0.239. The number of hydrogen-bond donors (Lipinski definition) is 2. The number of aromatic carboxylic acids is 1. The van der Waals surface area contributed by atoms with Crippen LogP contribution in [0, 0.1) is 0 Å². The Kier molecular flexibility index (Phi) is 4.16. The van der Waals surface area contributed by atoms with E-state index < -0.39 is 17.7 Å².